The van der Waals surface area contributed by atoms with Crippen LogP contribution in [0.25, 0.3) is 6.08 Å². The number of methoxy groups -OCH3 is 1. The molecule has 2 nitrogen and oxygen atoms in total. The Hall–Kier alpha value is -3.13. The summed E-state index contributed by atoms with van der Waals surface area (Å²) in [5.41, 5.74) is 6.30. The van der Waals surface area contributed by atoms with Gasteiger partial charge in [-0.2, -0.15) is 0 Å². The first-order chi connectivity index (χ1) is 13.8. The summed E-state index contributed by atoms with van der Waals surface area (Å²) in [5.74, 6) is -0.327. The number of carbonyl (C=O) groups excluding carboxylic acids is 1. The molecular formula is C26H26O2. The zero-order valence-electron chi connectivity index (χ0n) is 16.3. The monoisotopic (exact) mass is 370 g/mol. The number of esters is 1. The number of hydrogen-bond acceptors (Lipinski definition) is 2. The van der Waals surface area contributed by atoms with Gasteiger partial charge >= 0.3 is 5.97 Å². The molecule has 0 radical (unpaired) electrons. The number of hydrogen-bond donors (Lipinski definition) is 0. The number of rotatable bonds is 8. The number of benzene rings is 3. The van der Waals surface area contributed by atoms with Crippen molar-refractivity contribution in [2.24, 2.45) is 0 Å². The van der Waals surface area contributed by atoms with E-state index in [0.717, 1.165) is 31.2 Å². The first-order valence-corrected chi connectivity index (χ1v) is 9.71. The van der Waals surface area contributed by atoms with Gasteiger partial charge in [0.15, 0.2) is 0 Å². The molecule has 3 rings (SSSR count). The third-order valence-electron chi connectivity index (χ3n) is 4.93. The minimum atomic E-state index is -0.327. The quantitative estimate of drug-likeness (QED) is 0.390. The number of ether oxygens (including phenoxy) is 1. The van der Waals surface area contributed by atoms with E-state index in [0.29, 0.717) is 0 Å². The molecular weight excluding hydrogens is 344 g/mol. The van der Waals surface area contributed by atoms with Gasteiger partial charge in [-0.15, -0.1) is 0 Å². The summed E-state index contributed by atoms with van der Waals surface area (Å²) in [7, 11) is 1.41. The lowest BCUT2D eigenvalue weighted by Gasteiger charge is -2.13. The van der Waals surface area contributed by atoms with Crippen LogP contribution in [0.15, 0.2) is 84.9 Å². The van der Waals surface area contributed by atoms with E-state index in [-0.39, 0.29) is 5.97 Å². The molecule has 0 aliphatic rings. The Kier molecular flexibility index (Phi) is 7.20. The normalized spacial score (nSPS) is 10.9. The summed E-state index contributed by atoms with van der Waals surface area (Å²) in [5, 5.41) is 0. The SMILES string of the molecule is COC(=O)/C=C/c1c(CCc2ccccc2)cccc1CCc1ccccc1. The first-order valence-electron chi connectivity index (χ1n) is 9.71. The summed E-state index contributed by atoms with van der Waals surface area (Å²) in [6.45, 7) is 0. The fourth-order valence-corrected chi connectivity index (χ4v) is 3.38. The minimum absolute atomic E-state index is 0.327. The maximum absolute atomic E-state index is 11.7. The van der Waals surface area contributed by atoms with E-state index in [4.69, 9.17) is 4.74 Å². The molecule has 142 valence electrons. The van der Waals surface area contributed by atoms with E-state index in [9.17, 15) is 4.79 Å². The summed E-state index contributed by atoms with van der Waals surface area (Å²) >= 11 is 0. The summed E-state index contributed by atoms with van der Waals surface area (Å²) < 4.78 is 4.78. The average molecular weight is 370 g/mol. The van der Waals surface area contributed by atoms with Crippen LogP contribution in [0.4, 0.5) is 0 Å². The molecule has 0 fully saturated rings. The van der Waals surface area contributed by atoms with Crippen molar-refractivity contribution in [2.75, 3.05) is 7.11 Å². The Labute approximate surface area is 167 Å². The molecule has 3 aromatic rings. The second-order valence-corrected chi connectivity index (χ2v) is 6.82. The lowest BCUT2D eigenvalue weighted by Crippen LogP contribution is -2.01. The van der Waals surface area contributed by atoms with Gasteiger partial charge in [-0.25, -0.2) is 4.79 Å². The Morgan fingerprint density at radius 2 is 1.21 bits per heavy atom. The molecule has 0 spiro atoms. The lowest BCUT2D eigenvalue weighted by atomic mass is 9.92. The van der Waals surface area contributed by atoms with E-state index >= 15 is 0 Å². The molecule has 0 bridgehead atoms. The van der Waals surface area contributed by atoms with Gasteiger partial charge in [-0.05, 0) is 59.6 Å². The highest BCUT2D eigenvalue weighted by molar-refractivity contribution is 5.87. The zero-order valence-corrected chi connectivity index (χ0v) is 16.3. The van der Waals surface area contributed by atoms with Gasteiger partial charge in [-0.1, -0.05) is 78.9 Å². The molecule has 0 heterocycles. The Bertz CT molecular complexity index is 850. The first kappa shape index (κ1) is 19.6. The molecule has 2 heteroatoms. The predicted molar refractivity (Wildman–Crippen MR) is 115 cm³/mol. The zero-order chi connectivity index (χ0) is 19.6. The van der Waals surface area contributed by atoms with Gasteiger partial charge in [0.1, 0.15) is 0 Å². The predicted octanol–water partition coefficient (Wildman–Crippen LogP) is 5.44. The molecule has 0 aliphatic heterocycles. The summed E-state index contributed by atoms with van der Waals surface area (Å²) in [6.07, 6.45) is 7.25. The Balaban J connectivity index is 1.82. The molecule has 0 saturated heterocycles. The molecule has 0 N–H and O–H groups in total. The van der Waals surface area contributed by atoms with Crippen molar-refractivity contribution in [3.05, 3.63) is 113 Å². The van der Waals surface area contributed by atoms with Crippen LogP contribution in [-0.4, -0.2) is 13.1 Å². The van der Waals surface area contributed by atoms with Crippen molar-refractivity contribution < 1.29 is 9.53 Å². The maximum atomic E-state index is 11.7. The van der Waals surface area contributed by atoms with E-state index in [1.807, 2.05) is 18.2 Å². The van der Waals surface area contributed by atoms with Gasteiger partial charge in [-0.3, -0.25) is 0 Å². The van der Waals surface area contributed by atoms with E-state index in [1.165, 1.54) is 35.4 Å². The van der Waals surface area contributed by atoms with Crippen molar-refractivity contribution >= 4 is 12.0 Å². The second kappa shape index (κ2) is 10.3. The fraction of sp³-hybridized carbons (Fsp3) is 0.192. The number of carbonyl (C=O) groups is 1. The third kappa shape index (κ3) is 5.68. The fourth-order valence-electron chi connectivity index (χ4n) is 3.38. The minimum Gasteiger partial charge on any atom is -0.466 e. The lowest BCUT2D eigenvalue weighted by molar-refractivity contribution is -0.134. The van der Waals surface area contributed by atoms with Gasteiger partial charge in [0, 0.05) is 6.08 Å². The smallest absolute Gasteiger partial charge is 0.330 e. The van der Waals surface area contributed by atoms with Gasteiger partial charge in [0.05, 0.1) is 7.11 Å². The molecule has 0 saturated carbocycles. The van der Waals surface area contributed by atoms with E-state index in [2.05, 4.69) is 66.7 Å². The molecule has 28 heavy (non-hydrogen) atoms. The highest BCUT2D eigenvalue weighted by Gasteiger charge is 2.08. The standard InChI is InChI=1S/C26H26O2/c1-28-26(27)20-19-25-23(17-15-21-9-4-2-5-10-21)13-8-14-24(25)18-16-22-11-6-3-7-12-22/h2-14,19-20H,15-18H2,1H3/b20-19+. The van der Waals surface area contributed by atoms with Crippen molar-refractivity contribution in [1.82, 2.24) is 0 Å². The van der Waals surface area contributed by atoms with Gasteiger partial charge < -0.3 is 4.74 Å². The van der Waals surface area contributed by atoms with Crippen LogP contribution in [0, 0.1) is 0 Å². The van der Waals surface area contributed by atoms with Crippen LogP contribution < -0.4 is 0 Å². The van der Waals surface area contributed by atoms with Gasteiger partial charge in [0.2, 0.25) is 0 Å². The van der Waals surface area contributed by atoms with Gasteiger partial charge in [0.25, 0.3) is 0 Å². The van der Waals surface area contributed by atoms with Crippen LogP contribution in [0.3, 0.4) is 0 Å². The summed E-state index contributed by atoms with van der Waals surface area (Å²) in [6, 6.07) is 27.4. The molecule has 0 atom stereocenters. The molecule has 3 aromatic carbocycles. The van der Waals surface area contributed by atoms with E-state index in [1.54, 1.807) is 0 Å². The van der Waals surface area contributed by atoms with Crippen LogP contribution in [0.5, 0.6) is 0 Å². The van der Waals surface area contributed by atoms with Crippen LogP contribution in [0.2, 0.25) is 0 Å². The van der Waals surface area contributed by atoms with Crippen LogP contribution >= 0.6 is 0 Å². The average Bonchev–Trinajstić information content (AvgIpc) is 2.76. The van der Waals surface area contributed by atoms with Crippen LogP contribution in [0.1, 0.15) is 27.8 Å². The largest absolute Gasteiger partial charge is 0.466 e. The summed E-state index contributed by atoms with van der Waals surface area (Å²) in [4.78, 5) is 11.7. The van der Waals surface area contributed by atoms with Crippen molar-refractivity contribution in [2.45, 2.75) is 25.7 Å². The maximum Gasteiger partial charge on any atom is 0.330 e. The molecule has 0 aromatic heterocycles. The van der Waals surface area contributed by atoms with Crippen molar-refractivity contribution in [3.63, 3.8) is 0 Å². The number of aryl methyl sites for hydroxylation is 4. The second-order valence-electron chi connectivity index (χ2n) is 6.82. The van der Waals surface area contributed by atoms with Crippen molar-refractivity contribution in [3.8, 4) is 0 Å². The third-order valence-corrected chi connectivity index (χ3v) is 4.93. The highest BCUT2D eigenvalue weighted by atomic mass is 16.5. The highest BCUT2D eigenvalue weighted by Crippen LogP contribution is 2.21. The molecule has 0 unspecified atom stereocenters. The Morgan fingerprint density at radius 3 is 1.68 bits per heavy atom. The molecule has 0 amide bonds. The molecule has 0 aliphatic carbocycles. The topological polar surface area (TPSA) is 26.3 Å². The Morgan fingerprint density at radius 1 is 0.714 bits per heavy atom. The van der Waals surface area contributed by atoms with Crippen LogP contribution in [-0.2, 0) is 35.2 Å². The van der Waals surface area contributed by atoms with Crippen molar-refractivity contribution in [1.29, 1.82) is 0 Å². The van der Waals surface area contributed by atoms with E-state index < -0.39 is 0 Å².